The fourth-order valence-electron chi connectivity index (χ4n) is 1.33. The summed E-state index contributed by atoms with van der Waals surface area (Å²) in [6.45, 7) is 0.0451. The van der Waals surface area contributed by atoms with Gasteiger partial charge >= 0.3 is 0 Å². The summed E-state index contributed by atoms with van der Waals surface area (Å²) in [5, 5.41) is 9.95. The van der Waals surface area contributed by atoms with E-state index in [4.69, 9.17) is 10.8 Å². The fraction of sp³-hybridized carbons (Fsp3) is 0.111. The van der Waals surface area contributed by atoms with Crippen molar-refractivity contribution >= 4 is 16.6 Å². The van der Waals surface area contributed by atoms with Crippen molar-refractivity contribution in [3.63, 3.8) is 0 Å². The molecule has 0 fully saturated rings. The Labute approximate surface area is 69.8 Å². The van der Waals surface area contributed by atoms with E-state index in [0.717, 1.165) is 22.2 Å². The van der Waals surface area contributed by atoms with Gasteiger partial charge in [-0.1, -0.05) is 0 Å². The number of aliphatic hydroxyl groups is 1. The molecule has 1 aromatic carbocycles. The molecule has 1 aromatic heterocycles. The van der Waals surface area contributed by atoms with Crippen molar-refractivity contribution in [3.8, 4) is 0 Å². The molecule has 4 N–H and O–H groups in total. The van der Waals surface area contributed by atoms with Crippen LogP contribution in [-0.2, 0) is 6.61 Å². The Hall–Kier alpha value is -1.48. The lowest BCUT2D eigenvalue weighted by Crippen LogP contribution is -1.84. The van der Waals surface area contributed by atoms with Crippen LogP contribution in [0.3, 0.4) is 0 Å². The number of H-pyrrole nitrogens is 1. The van der Waals surface area contributed by atoms with Gasteiger partial charge in [0.15, 0.2) is 0 Å². The Morgan fingerprint density at radius 2 is 2.25 bits per heavy atom. The quantitative estimate of drug-likeness (QED) is 0.552. The van der Waals surface area contributed by atoms with E-state index in [1.54, 1.807) is 6.20 Å². The van der Waals surface area contributed by atoms with Crippen LogP contribution in [0, 0.1) is 0 Å². The molecule has 0 aliphatic rings. The third kappa shape index (κ3) is 0.950. The van der Waals surface area contributed by atoms with Crippen molar-refractivity contribution in [2.24, 2.45) is 0 Å². The first-order chi connectivity index (χ1) is 5.81. The largest absolute Gasteiger partial charge is 0.399 e. The van der Waals surface area contributed by atoms with Crippen molar-refractivity contribution in [2.45, 2.75) is 6.61 Å². The van der Waals surface area contributed by atoms with Gasteiger partial charge in [0.2, 0.25) is 0 Å². The third-order valence-electron chi connectivity index (χ3n) is 1.96. The predicted molar refractivity (Wildman–Crippen MR) is 48.6 cm³/mol. The molecule has 12 heavy (non-hydrogen) atoms. The van der Waals surface area contributed by atoms with Gasteiger partial charge in [-0.2, -0.15) is 0 Å². The Kier molecular flexibility index (Phi) is 1.52. The molecule has 0 atom stereocenters. The molecule has 0 saturated carbocycles. The van der Waals surface area contributed by atoms with E-state index in [0.29, 0.717) is 0 Å². The summed E-state index contributed by atoms with van der Waals surface area (Å²) in [6, 6.07) is 5.60. The highest BCUT2D eigenvalue weighted by molar-refractivity contribution is 5.85. The Morgan fingerprint density at radius 3 is 3.00 bits per heavy atom. The van der Waals surface area contributed by atoms with E-state index < -0.39 is 0 Å². The monoisotopic (exact) mass is 162 g/mol. The number of fused-ring (bicyclic) bond motifs is 1. The highest BCUT2D eigenvalue weighted by atomic mass is 16.3. The smallest absolute Gasteiger partial charge is 0.0702 e. The third-order valence-corrected chi connectivity index (χ3v) is 1.96. The van der Waals surface area contributed by atoms with Gasteiger partial charge in [0.05, 0.1) is 6.61 Å². The van der Waals surface area contributed by atoms with Gasteiger partial charge in [0.1, 0.15) is 0 Å². The molecule has 0 bridgehead atoms. The van der Waals surface area contributed by atoms with Crippen LogP contribution in [0.2, 0.25) is 0 Å². The van der Waals surface area contributed by atoms with Gasteiger partial charge in [-0.25, -0.2) is 0 Å². The number of nitrogen functional groups attached to an aromatic ring is 1. The number of benzene rings is 1. The van der Waals surface area contributed by atoms with E-state index in [9.17, 15) is 0 Å². The van der Waals surface area contributed by atoms with Crippen LogP contribution in [0.1, 0.15) is 5.56 Å². The first-order valence-corrected chi connectivity index (χ1v) is 3.77. The van der Waals surface area contributed by atoms with Crippen LogP contribution in [0.25, 0.3) is 10.9 Å². The topological polar surface area (TPSA) is 62.0 Å². The first kappa shape index (κ1) is 7.18. The number of hydrogen-bond donors (Lipinski definition) is 3. The first-order valence-electron chi connectivity index (χ1n) is 3.77. The number of nitrogens with two attached hydrogens (primary N) is 1. The minimum Gasteiger partial charge on any atom is -0.399 e. The highest BCUT2D eigenvalue weighted by Gasteiger charge is 2.01. The zero-order valence-corrected chi connectivity index (χ0v) is 6.54. The molecule has 3 heteroatoms. The minimum absolute atomic E-state index is 0.0451. The lowest BCUT2D eigenvalue weighted by Gasteiger charge is -1.94. The van der Waals surface area contributed by atoms with Gasteiger partial charge in [-0.3, -0.25) is 0 Å². The van der Waals surface area contributed by atoms with E-state index in [2.05, 4.69) is 4.98 Å². The molecule has 2 aromatic rings. The Bertz CT molecular complexity index is 406. The lowest BCUT2D eigenvalue weighted by atomic mass is 10.2. The van der Waals surface area contributed by atoms with E-state index in [1.807, 2.05) is 18.2 Å². The molecule has 0 aliphatic carbocycles. The molecule has 0 aliphatic heterocycles. The second-order valence-corrected chi connectivity index (χ2v) is 2.78. The number of aromatic nitrogens is 1. The van der Waals surface area contributed by atoms with Crippen LogP contribution < -0.4 is 5.73 Å². The SMILES string of the molecule is Nc1ccc2[nH]cc(CO)c2c1. The van der Waals surface area contributed by atoms with E-state index >= 15 is 0 Å². The van der Waals surface area contributed by atoms with Gasteiger partial charge in [0.25, 0.3) is 0 Å². The summed E-state index contributed by atoms with van der Waals surface area (Å²) in [4.78, 5) is 3.05. The summed E-state index contributed by atoms with van der Waals surface area (Å²) in [7, 11) is 0. The fourth-order valence-corrected chi connectivity index (χ4v) is 1.33. The van der Waals surface area contributed by atoms with Crippen LogP contribution in [0.4, 0.5) is 5.69 Å². The van der Waals surface area contributed by atoms with Crippen LogP contribution in [0.5, 0.6) is 0 Å². The molecule has 3 nitrogen and oxygen atoms in total. The Morgan fingerprint density at radius 1 is 1.42 bits per heavy atom. The maximum absolute atomic E-state index is 8.95. The van der Waals surface area contributed by atoms with Crippen molar-refractivity contribution < 1.29 is 5.11 Å². The van der Waals surface area contributed by atoms with Gasteiger partial charge in [0, 0.05) is 28.4 Å². The number of aromatic amines is 1. The lowest BCUT2D eigenvalue weighted by molar-refractivity contribution is 0.283. The van der Waals surface area contributed by atoms with Crippen LogP contribution >= 0.6 is 0 Å². The summed E-state index contributed by atoms with van der Waals surface area (Å²) in [5.41, 5.74) is 8.22. The second kappa shape index (κ2) is 2.53. The van der Waals surface area contributed by atoms with Gasteiger partial charge in [-0.15, -0.1) is 0 Å². The Balaban J connectivity index is 2.75. The highest BCUT2D eigenvalue weighted by Crippen LogP contribution is 2.20. The maximum Gasteiger partial charge on any atom is 0.0702 e. The molecule has 0 radical (unpaired) electrons. The zero-order chi connectivity index (χ0) is 8.55. The van der Waals surface area contributed by atoms with Gasteiger partial charge < -0.3 is 15.8 Å². The average molecular weight is 162 g/mol. The summed E-state index contributed by atoms with van der Waals surface area (Å²) in [6.07, 6.45) is 1.80. The molecule has 0 unspecified atom stereocenters. The van der Waals surface area contributed by atoms with Crippen LogP contribution in [0.15, 0.2) is 24.4 Å². The van der Waals surface area contributed by atoms with Crippen molar-refractivity contribution in [2.75, 3.05) is 5.73 Å². The van der Waals surface area contributed by atoms with E-state index in [1.165, 1.54) is 0 Å². The maximum atomic E-state index is 8.95. The summed E-state index contributed by atoms with van der Waals surface area (Å²) in [5.74, 6) is 0. The number of anilines is 1. The zero-order valence-electron chi connectivity index (χ0n) is 6.54. The molecule has 0 amide bonds. The van der Waals surface area contributed by atoms with Gasteiger partial charge in [-0.05, 0) is 18.2 Å². The van der Waals surface area contributed by atoms with Crippen molar-refractivity contribution in [3.05, 3.63) is 30.0 Å². The average Bonchev–Trinajstić information content (AvgIpc) is 2.46. The molecule has 0 saturated heterocycles. The summed E-state index contributed by atoms with van der Waals surface area (Å²) < 4.78 is 0. The van der Waals surface area contributed by atoms with Crippen molar-refractivity contribution in [1.29, 1.82) is 0 Å². The minimum atomic E-state index is 0.0451. The van der Waals surface area contributed by atoms with Crippen LogP contribution in [-0.4, -0.2) is 10.1 Å². The molecular weight excluding hydrogens is 152 g/mol. The second-order valence-electron chi connectivity index (χ2n) is 2.78. The molecule has 2 rings (SSSR count). The normalized spacial score (nSPS) is 10.8. The number of nitrogens with one attached hydrogen (secondary N) is 1. The molecule has 0 spiro atoms. The standard InChI is InChI=1S/C9H10N2O/c10-7-1-2-9-8(3-7)6(5-12)4-11-9/h1-4,11-12H,5,10H2. The molecule has 1 heterocycles. The number of rotatable bonds is 1. The van der Waals surface area contributed by atoms with E-state index in [-0.39, 0.29) is 6.61 Å². The number of hydrogen-bond acceptors (Lipinski definition) is 2. The number of aliphatic hydroxyl groups excluding tert-OH is 1. The summed E-state index contributed by atoms with van der Waals surface area (Å²) >= 11 is 0. The predicted octanol–water partition coefficient (Wildman–Crippen LogP) is 1.24. The molecular formula is C9H10N2O. The molecule has 62 valence electrons. The van der Waals surface area contributed by atoms with Crippen molar-refractivity contribution in [1.82, 2.24) is 4.98 Å².